The van der Waals surface area contributed by atoms with Gasteiger partial charge in [-0.3, -0.25) is 0 Å². The molecule has 0 saturated carbocycles. The molecule has 0 spiro atoms. The van der Waals surface area contributed by atoms with E-state index < -0.39 is 0 Å². The first-order valence-electron chi connectivity index (χ1n) is 7.75. The summed E-state index contributed by atoms with van der Waals surface area (Å²) < 4.78 is 3.63. The standard InChI is InChI=1S/C17H24ClIN2/c1-12(2)5-4-6-13(3)21-16-8-7-14(19)11-15(16)20-17(21)9-10-18/h7-8,11-13H,4-6,9-10H2,1-3H3. The number of hydrogen-bond acceptors (Lipinski definition) is 1. The highest BCUT2D eigenvalue weighted by molar-refractivity contribution is 14.1. The van der Waals surface area contributed by atoms with E-state index in [1.165, 1.54) is 28.3 Å². The van der Waals surface area contributed by atoms with E-state index in [1.807, 2.05) is 0 Å². The van der Waals surface area contributed by atoms with Crippen molar-refractivity contribution in [3.8, 4) is 0 Å². The molecule has 0 bridgehead atoms. The maximum Gasteiger partial charge on any atom is 0.111 e. The zero-order valence-electron chi connectivity index (χ0n) is 13.1. The van der Waals surface area contributed by atoms with Gasteiger partial charge in [-0.25, -0.2) is 4.98 Å². The van der Waals surface area contributed by atoms with Crippen LogP contribution in [0.3, 0.4) is 0 Å². The number of aromatic nitrogens is 2. The van der Waals surface area contributed by atoms with Crippen LogP contribution in [0.2, 0.25) is 0 Å². The summed E-state index contributed by atoms with van der Waals surface area (Å²) in [5.74, 6) is 2.53. The van der Waals surface area contributed by atoms with Gasteiger partial charge in [-0.05, 0) is 60.1 Å². The maximum absolute atomic E-state index is 5.96. The Kier molecular flexibility index (Phi) is 6.35. The lowest BCUT2D eigenvalue weighted by molar-refractivity contribution is 0.445. The van der Waals surface area contributed by atoms with Gasteiger partial charge < -0.3 is 4.57 Å². The summed E-state index contributed by atoms with van der Waals surface area (Å²) in [5, 5.41) is 0. The number of nitrogens with zero attached hydrogens (tertiary/aromatic N) is 2. The van der Waals surface area contributed by atoms with Gasteiger partial charge in [-0.1, -0.05) is 26.7 Å². The zero-order valence-corrected chi connectivity index (χ0v) is 16.0. The summed E-state index contributed by atoms with van der Waals surface area (Å²) >= 11 is 8.30. The quantitative estimate of drug-likeness (QED) is 0.410. The topological polar surface area (TPSA) is 17.8 Å². The first-order valence-corrected chi connectivity index (χ1v) is 9.36. The van der Waals surface area contributed by atoms with Crippen molar-refractivity contribution in [3.05, 3.63) is 27.6 Å². The Morgan fingerprint density at radius 3 is 2.67 bits per heavy atom. The summed E-state index contributed by atoms with van der Waals surface area (Å²) in [6.45, 7) is 6.88. The minimum absolute atomic E-state index is 0.479. The van der Waals surface area contributed by atoms with Crippen molar-refractivity contribution in [2.24, 2.45) is 5.92 Å². The van der Waals surface area contributed by atoms with Crippen molar-refractivity contribution >= 4 is 45.2 Å². The third-order valence-corrected chi connectivity index (χ3v) is 4.75. The Morgan fingerprint density at radius 1 is 1.24 bits per heavy atom. The molecule has 0 aliphatic rings. The molecular formula is C17H24ClIN2. The van der Waals surface area contributed by atoms with Crippen LogP contribution in [0.1, 0.15) is 51.9 Å². The van der Waals surface area contributed by atoms with Crippen LogP contribution in [-0.2, 0) is 6.42 Å². The number of benzene rings is 1. The lowest BCUT2D eigenvalue weighted by Crippen LogP contribution is -2.10. The molecule has 1 unspecified atom stereocenters. The van der Waals surface area contributed by atoms with E-state index in [-0.39, 0.29) is 0 Å². The van der Waals surface area contributed by atoms with Gasteiger partial charge in [0.1, 0.15) is 5.82 Å². The number of aryl methyl sites for hydroxylation is 1. The number of fused-ring (bicyclic) bond motifs is 1. The fourth-order valence-electron chi connectivity index (χ4n) is 2.83. The molecule has 2 rings (SSSR count). The molecule has 0 radical (unpaired) electrons. The van der Waals surface area contributed by atoms with Crippen LogP contribution in [0.25, 0.3) is 11.0 Å². The SMILES string of the molecule is CC(C)CCCC(C)n1c(CCCl)nc2cc(I)ccc21. The monoisotopic (exact) mass is 418 g/mol. The predicted molar refractivity (Wildman–Crippen MR) is 100 cm³/mol. The lowest BCUT2D eigenvalue weighted by Gasteiger charge is -2.18. The van der Waals surface area contributed by atoms with Gasteiger partial charge in [0.25, 0.3) is 0 Å². The summed E-state index contributed by atoms with van der Waals surface area (Å²) in [6.07, 6.45) is 4.59. The predicted octanol–water partition coefficient (Wildman–Crippen LogP) is 5.81. The average Bonchev–Trinajstić information content (AvgIpc) is 2.75. The highest BCUT2D eigenvalue weighted by atomic mass is 127. The van der Waals surface area contributed by atoms with Crippen molar-refractivity contribution in [3.63, 3.8) is 0 Å². The Labute approximate surface area is 146 Å². The van der Waals surface area contributed by atoms with Crippen LogP contribution in [0, 0.1) is 9.49 Å². The van der Waals surface area contributed by atoms with Crippen molar-refractivity contribution in [2.75, 3.05) is 5.88 Å². The number of alkyl halides is 1. The molecule has 0 amide bonds. The lowest BCUT2D eigenvalue weighted by atomic mass is 10.0. The third-order valence-electron chi connectivity index (χ3n) is 3.89. The molecule has 4 heteroatoms. The Morgan fingerprint density at radius 2 is 2.00 bits per heavy atom. The molecule has 1 aromatic heterocycles. The molecule has 1 heterocycles. The second-order valence-corrected chi connectivity index (χ2v) is 7.77. The summed E-state index contributed by atoms with van der Waals surface area (Å²) in [4.78, 5) is 4.80. The normalized spacial score (nSPS) is 13.2. The van der Waals surface area contributed by atoms with Gasteiger partial charge in [0.2, 0.25) is 0 Å². The molecule has 2 nitrogen and oxygen atoms in total. The highest BCUT2D eigenvalue weighted by Crippen LogP contribution is 2.26. The minimum atomic E-state index is 0.479. The van der Waals surface area contributed by atoms with Crippen molar-refractivity contribution in [1.82, 2.24) is 9.55 Å². The molecule has 0 aliphatic carbocycles. The number of rotatable bonds is 7. The van der Waals surface area contributed by atoms with Gasteiger partial charge in [-0.2, -0.15) is 0 Å². The van der Waals surface area contributed by atoms with Gasteiger partial charge in [0.15, 0.2) is 0 Å². The second-order valence-electron chi connectivity index (χ2n) is 6.14. The van der Waals surface area contributed by atoms with E-state index >= 15 is 0 Å². The van der Waals surface area contributed by atoms with Gasteiger partial charge in [-0.15, -0.1) is 11.6 Å². The van der Waals surface area contributed by atoms with E-state index in [9.17, 15) is 0 Å². The van der Waals surface area contributed by atoms with E-state index in [2.05, 4.69) is 66.1 Å². The van der Waals surface area contributed by atoms with Gasteiger partial charge >= 0.3 is 0 Å². The van der Waals surface area contributed by atoms with Crippen molar-refractivity contribution in [1.29, 1.82) is 0 Å². The van der Waals surface area contributed by atoms with Crippen LogP contribution >= 0.6 is 34.2 Å². The van der Waals surface area contributed by atoms with Crippen LogP contribution in [-0.4, -0.2) is 15.4 Å². The molecule has 2 aromatic rings. The number of imidazole rings is 1. The Bertz CT molecular complexity index is 592. The van der Waals surface area contributed by atoms with Gasteiger partial charge in [0, 0.05) is 21.9 Å². The summed E-state index contributed by atoms with van der Waals surface area (Å²) in [6, 6.07) is 6.99. The van der Waals surface area contributed by atoms with Crippen LogP contribution in [0.4, 0.5) is 0 Å². The van der Waals surface area contributed by atoms with E-state index in [1.54, 1.807) is 0 Å². The van der Waals surface area contributed by atoms with Crippen molar-refractivity contribution < 1.29 is 0 Å². The molecule has 1 aromatic carbocycles. The maximum atomic E-state index is 5.96. The fourth-order valence-corrected chi connectivity index (χ4v) is 3.47. The molecule has 21 heavy (non-hydrogen) atoms. The summed E-state index contributed by atoms with van der Waals surface area (Å²) in [7, 11) is 0. The third kappa shape index (κ3) is 4.35. The van der Waals surface area contributed by atoms with E-state index in [0.717, 1.165) is 23.7 Å². The highest BCUT2D eigenvalue weighted by Gasteiger charge is 2.15. The first kappa shape index (κ1) is 17.1. The molecular weight excluding hydrogens is 395 g/mol. The Hall–Kier alpha value is -0.290. The van der Waals surface area contributed by atoms with Gasteiger partial charge in [0.05, 0.1) is 11.0 Å². The van der Waals surface area contributed by atoms with Crippen LogP contribution in [0.15, 0.2) is 18.2 Å². The first-order chi connectivity index (χ1) is 10.0. The fraction of sp³-hybridized carbons (Fsp3) is 0.588. The molecule has 0 aliphatic heterocycles. The summed E-state index contributed by atoms with van der Waals surface area (Å²) in [5.41, 5.74) is 2.34. The molecule has 0 N–H and O–H groups in total. The number of hydrogen-bond donors (Lipinski definition) is 0. The average molecular weight is 419 g/mol. The molecule has 116 valence electrons. The van der Waals surface area contributed by atoms with Crippen LogP contribution < -0.4 is 0 Å². The molecule has 1 atom stereocenters. The smallest absolute Gasteiger partial charge is 0.111 e. The minimum Gasteiger partial charge on any atom is -0.325 e. The van der Waals surface area contributed by atoms with Crippen LogP contribution in [0.5, 0.6) is 0 Å². The van der Waals surface area contributed by atoms with E-state index in [0.29, 0.717) is 11.9 Å². The van der Waals surface area contributed by atoms with Crippen molar-refractivity contribution in [2.45, 2.75) is 52.5 Å². The largest absolute Gasteiger partial charge is 0.325 e. The Balaban J connectivity index is 2.28. The van der Waals surface area contributed by atoms with E-state index in [4.69, 9.17) is 16.6 Å². The number of halogens is 2. The molecule has 0 saturated heterocycles. The second kappa shape index (κ2) is 7.82. The zero-order chi connectivity index (χ0) is 15.4. The molecule has 0 fully saturated rings.